The van der Waals surface area contributed by atoms with Crippen LogP contribution in [0, 0.1) is 12.8 Å². The van der Waals surface area contributed by atoms with Crippen molar-refractivity contribution >= 4 is 45.9 Å². The van der Waals surface area contributed by atoms with Gasteiger partial charge < -0.3 is 0 Å². The van der Waals surface area contributed by atoms with Crippen LogP contribution in [0.5, 0.6) is 0 Å². The largest absolute Gasteiger partial charge is 0.268 e. The second-order valence-corrected chi connectivity index (χ2v) is 8.70. The molecule has 4 rings (SSSR count). The van der Waals surface area contributed by atoms with Crippen molar-refractivity contribution in [2.24, 2.45) is 5.92 Å². The highest BCUT2D eigenvalue weighted by Crippen LogP contribution is 2.54. The first-order chi connectivity index (χ1) is 12.0. The zero-order chi connectivity index (χ0) is 17.6. The Morgan fingerprint density at radius 3 is 2.76 bits per heavy atom. The molecular formula is C18H15Cl2N3OS. The molecule has 0 radical (unpaired) electrons. The van der Waals surface area contributed by atoms with Crippen LogP contribution in [-0.2, 0) is 0 Å². The Hall–Kier alpha value is -1.56. The summed E-state index contributed by atoms with van der Waals surface area (Å²) >= 11 is 13.8. The molecule has 1 unspecified atom stereocenters. The highest BCUT2D eigenvalue weighted by atomic mass is 35.5. The first kappa shape index (κ1) is 16.9. The van der Waals surface area contributed by atoms with Crippen molar-refractivity contribution < 1.29 is 0 Å². The summed E-state index contributed by atoms with van der Waals surface area (Å²) in [5.74, 6) is 1.53. The first-order valence-corrected chi connectivity index (χ1v) is 9.66. The number of rotatable bonds is 4. The van der Waals surface area contributed by atoms with Gasteiger partial charge in [0.2, 0.25) is 0 Å². The van der Waals surface area contributed by atoms with Gasteiger partial charge in [-0.15, -0.1) is 23.2 Å². The molecule has 0 bridgehead atoms. The van der Waals surface area contributed by atoms with Crippen LogP contribution in [0.25, 0.3) is 16.7 Å². The maximum Gasteiger partial charge on any atom is 0.267 e. The molecule has 3 aromatic rings. The molecule has 0 aliphatic heterocycles. The molecule has 7 heteroatoms. The molecule has 1 aromatic carbocycles. The Morgan fingerprint density at radius 2 is 2.04 bits per heavy atom. The Bertz CT molecular complexity index is 1020. The third-order valence-corrected chi connectivity index (χ3v) is 6.33. The lowest BCUT2D eigenvalue weighted by Crippen LogP contribution is -2.23. The van der Waals surface area contributed by atoms with Crippen molar-refractivity contribution in [1.82, 2.24) is 14.5 Å². The molecule has 1 fully saturated rings. The minimum atomic E-state index is -0.643. The van der Waals surface area contributed by atoms with Crippen LogP contribution in [-0.4, -0.2) is 24.6 Å². The first-order valence-electron chi connectivity index (χ1n) is 7.92. The van der Waals surface area contributed by atoms with Crippen molar-refractivity contribution in [1.29, 1.82) is 0 Å². The quantitative estimate of drug-likeness (QED) is 0.376. The topological polar surface area (TPSA) is 47.8 Å². The standard InChI is InChI=1S/C18H15Cl2N3OS/c1-11-5-4-8-21-15(11)23-16(24)13-6-2-3-7-14(13)22-17(23)25-10-12-9-18(12,19)20/h2-8,12H,9-10H2,1H3. The van der Waals surface area contributed by atoms with E-state index in [1.54, 1.807) is 16.8 Å². The maximum atomic E-state index is 13.1. The molecule has 0 saturated heterocycles. The van der Waals surface area contributed by atoms with E-state index in [0.29, 0.717) is 27.6 Å². The second-order valence-electron chi connectivity index (χ2n) is 6.17. The molecule has 0 N–H and O–H groups in total. The number of fused-ring (bicyclic) bond motifs is 1. The average Bonchev–Trinajstić information content (AvgIpc) is 3.21. The van der Waals surface area contributed by atoms with Gasteiger partial charge in [0.05, 0.1) is 10.9 Å². The molecule has 2 heterocycles. The molecule has 0 amide bonds. The third kappa shape index (κ3) is 3.16. The van der Waals surface area contributed by atoms with E-state index < -0.39 is 4.33 Å². The Balaban J connectivity index is 1.86. The molecule has 1 aliphatic carbocycles. The molecule has 0 spiro atoms. The van der Waals surface area contributed by atoms with Gasteiger partial charge in [0.1, 0.15) is 10.2 Å². The lowest BCUT2D eigenvalue weighted by Gasteiger charge is -2.14. The van der Waals surface area contributed by atoms with Crippen molar-refractivity contribution in [3.8, 4) is 5.82 Å². The lowest BCUT2D eigenvalue weighted by molar-refractivity contribution is 0.787. The lowest BCUT2D eigenvalue weighted by atomic mass is 10.2. The highest BCUT2D eigenvalue weighted by Gasteiger charge is 2.51. The fourth-order valence-electron chi connectivity index (χ4n) is 2.73. The van der Waals surface area contributed by atoms with Gasteiger partial charge >= 0.3 is 0 Å². The minimum absolute atomic E-state index is 0.117. The van der Waals surface area contributed by atoms with Gasteiger partial charge in [-0.3, -0.25) is 4.79 Å². The fourth-order valence-corrected chi connectivity index (χ4v) is 4.66. The van der Waals surface area contributed by atoms with E-state index >= 15 is 0 Å². The van der Waals surface area contributed by atoms with Crippen molar-refractivity contribution in [2.45, 2.75) is 22.8 Å². The van der Waals surface area contributed by atoms with E-state index in [-0.39, 0.29) is 11.5 Å². The molecule has 1 saturated carbocycles. The highest BCUT2D eigenvalue weighted by molar-refractivity contribution is 7.99. The van der Waals surface area contributed by atoms with Crippen molar-refractivity contribution in [2.75, 3.05) is 5.75 Å². The number of nitrogens with zero attached hydrogens (tertiary/aromatic N) is 3. The maximum absolute atomic E-state index is 13.1. The van der Waals surface area contributed by atoms with E-state index in [0.717, 1.165) is 12.0 Å². The summed E-state index contributed by atoms with van der Waals surface area (Å²) < 4.78 is 0.949. The predicted octanol–water partition coefficient (Wildman–Crippen LogP) is 4.38. The number of benzene rings is 1. The van der Waals surface area contributed by atoms with Crippen LogP contribution in [0.4, 0.5) is 0 Å². The number of alkyl halides is 2. The Morgan fingerprint density at radius 1 is 1.28 bits per heavy atom. The number of pyridine rings is 1. The second kappa shape index (κ2) is 6.31. The van der Waals surface area contributed by atoms with Crippen molar-refractivity contribution in [3.63, 3.8) is 0 Å². The summed E-state index contributed by atoms with van der Waals surface area (Å²) in [6, 6.07) is 11.1. The van der Waals surface area contributed by atoms with Crippen molar-refractivity contribution in [3.05, 3.63) is 58.5 Å². The predicted molar refractivity (Wildman–Crippen MR) is 103 cm³/mol. The Kier molecular flexibility index (Phi) is 4.26. The fraction of sp³-hybridized carbons (Fsp3) is 0.278. The van der Waals surface area contributed by atoms with Crippen LogP contribution in [0.3, 0.4) is 0 Å². The van der Waals surface area contributed by atoms with E-state index in [1.165, 1.54) is 11.8 Å². The summed E-state index contributed by atoms with van der Waals surface area (Å²) in [4.78, 5) is 22.2. The molecule has 128 valence electrons. The number of aromatic nitrogens is 3. The van der Waals surface area contributed by atoms with Gasteiger partial charge in [-0.05, 0) is 37.1 Å². The minimum Gasteiger partial charge on any atom is -0.268 e. The smallest absolute Gasteiger partial charge is 0.267 e. The summed E-state index contributed by atoms with van der Waals surface area (Å²) in [5.41, 5.74) is 1.48. The van der Waals surface area contributed by atoms with Gasteiger partial charge in [0.15, 0.2) is 5.16 Å². The van der Waals surface area contributed by atoms with Crippen LogP contribution >= 0.6 is 35.0 Å². The number of para-hydroxylation sites is 1. The third-order valence-electron chi connectivity index (χ3n) is 4.31. The number of thioether (sulfide) groups is 1. The number of halogens is 2. The monoisotopic (exact) mass is 391 g/mol. The van der Waals surface area contributed by atoms with E-state index in [1.807, 2.05) is 37.3 Å². The number of hydrogen-bond acceptors (Lipinski definition) is 4. The molecule has 25 heavy (non-hydrogen) atoms. The SMILES string of the molecule is Cc1cccnc1-n1c(SCC2CC2(Cl)Cl)nc2ccccc2c1=O. The van der Waals surface area contributed by atoms with Gasteiger partial charge in [-0.25, -0.2) is 14.5 Å². The normalized spacial score (nSPS) is 18.4. The van der Waals surface area contributed by atoms with Crippen LogP contribution < -0.4 is 5.56 Å². The van der Waals surface area contributed by atoms with Gasteiger partial charge in [-0.1, -0.05) is 30.0 Å². The van der Waals surface area contributed by atoms with E-state index in [9.17, 15) is 4.79 Å². The molecule has 2 aromatic heterocycles. The molecule has 1 atom stereocenters. The number of hydrogen-bond donors (Lipinski definition) is 0. The van der Waals surface area contributed by atoms with Gasteiger partial charge in [0, 0.05) is 17.9 Å². The summed E-state index contributed by atoms with van der Waals surface area (Å²) in [6.07, 6.45) is 2.45. The summed E-state index contributed by atoms with van der Waals surface area (Å²) in [6.45, 7) is 1.93. The molecular weight excluding hydrogens is 377 g/mol. The van der Waals surface area contributed by atoms with E-state index in [2.05, 4.69) is 4.98 Å². The van der Waals surface area contributed by atoms with Crippen LogP contribution in [0.1, 0.15) is 12.0 Å². The van der Waals surface area contributed by atoms with Crippen LogP contribution in [0.2, 0.25) is 0 Å². The summed E-state index contributed by atoms with van der Waals surface area (Å²) in [5, 5.41) is 1.19. The van der Waals surface area contributed by atoms with Gasteiger partial charge in [-0.2, -0.15) is 0 Å². The zero-order valence-electron chi connectivity index (χ0n) is 13.4. The zero-order valence-corrected chi connectivity index (χ0v) is 15.8. The van der Waals surface area contributed by atoms with Crippen LogP contribution in [0.15, 0.2) is 52.5 Å². The van der Waals surface area contributed by atoms with E-state index in [4.69, 9.17) is 28.2 Å². The number of aryl methyl sites for hydroxylation is 1. The Labute approximate surface area is 159 Å². The average molecular weight is 392 g/mol. The van der Waals surface area contributed by atoms with Gasteiger partial charge in [0.25, 0.3) is 5.56 Å². The molecule has 1 aliphatic rings. The summed E-state index contributed by atoms with van der Waals surface area (Å²) in [7, 11) is 0. The molecule has 4 nitrogen and oxygen atoms in total.